The summed E-state index contributed by atoms with van der Waals surface area (Å²) in [6.45, 7) is 5.35. The number of piperazine rings is 1. The van der Waals surface area contributed by atoms with Crippen LogP contribution in [0.4, 0.5) is 0 Å². The molecule has 1 aliphatic heterocycles. The zero-order valence-corrected chi connectivity index (χ0v) is 13.8. The van der Waals surface area contributed by atoms with E-state index in [0.717, 1.165) is 37.4 Å². The van der Waals surface area contributed by atoms with Crippen molar-refractivity contribution in [3.05, 3.63) is 21.4 Å². The van der Waals surface area contributed by atoms with Gasteiger partial charge in [0.25, 0.3) is 5.91 Å². The number of nitrogens with zero attached hydrogens (tertiary/aromatic N) is 2. The third-order valence-corrected chi connectivity index (χ3v) is 5.72. The minimum absolute atomic E-state index is 0.158. The van der Waals surface area contributed by atoms with E-state index in [4.69, 9.17) is 5.73 Å². The van der Waals surface area contributed by atoms with E-state index in [9.17, 15) is 9.59 Å². The number of primary amides is 1. The fourth-order valence-corrected chi connectivity index (χ4v) is 4.59. The molecule has 2 heterocycles. The lowest BCUT2D eigenvalue weighted by molar-refractivity contribution is -0.119. The molecular weight excluding hydrogens is 298 g/mol. The molecule has 1 aromatic rings. The molecule has 120 valence electrons. The van der Waals surface area contributed by atoms with Gasteiger partial charge in [-0.3, -0.25) is 14.5 Å². The van der Waals surface area contributed by atoms with Crippen molar-refractivity contribution in [3.8, 4) is 0 Å². The zero-order valence-electron chi connectivity index (χ0n) is 13.0. The molecule has 1 unspecified atom stereocenters. The molecular formula is C16H23N3O2S. The van der Waals surface area contributed by atoms with E-state index in [0.29, 0.717) is 13.1 Å². The number of rotatable bonds is 3. The first-order chi connectivity index (χ1) is 10.5. The van der Waals surface area contributed by atoms with E-state index in [1.54, 1.807) is 11.3 Å². The van der Waals surface area contributed by atoms with Crippen LogP contribution >= 0.6 is 11.3 Å². The van der Waals surface area contributed by atoms with Gasteiger partial charge >= 0.3 is 0 Å². The molecule has 1 saturated heterocycles. The van der Waals surface area contributed by atoms with Crippen molar-refractivity contribution in [3.63, 3.8) is 0 Å². The van der Waals surface area contributed by atoms with Crippen molar-refractivity contribution >= 4 is 23.2 Å². The highest BCUT2D eigenvalue weighted by Crippen LogP contribution is 2.33. The Balaban J connectivity index is 1.65. The summed E-state index contributed by atoms with van der Waals surface area (Å²) in [6, 6.07) is 0. The van der Waals surface area contributed by atoms with E-state index in [-0.39, 0.29) is 18.4 Å². The molecule has 1 aliphatic carbocycles. The fourth-order valence-electron chi connectivity index (χ4n) is 3.36. The molecule has 0 saturated carbocycles. The number of fused-ring (bicyclic) bond motifs is 1. The smallest absolute Gasteiger partial charge is 0.255 e. The van der Waals surface area contributed by atoms with Crippen LogP contribution in [-0.4, -0.2) is 54.3 Å². The Kier molecular flexibility index (Phi) is 4.49. The summed E-state index contributed by atoms with van der Waals surface area (Å²) in [6.07, 6.45) is 3.32. The van der Waals surface area contributed by atoms with Crippen LogP contribution in [0.5, 0.6) is 0 Å². The maximum absolute atomic E-state index is 12.8. The summed E-state index contributed by atoms with van der Waals surface area (Å²) in [7, 11) is 0. The maximum Gasteiger partial charge on any atom is 0.255 e. The Hall–Kier alpha value is -1.40. The number of hydrogen-bond acceptors (Lipinski definition) is 4. The van der Waals surface area contributed by atoms with Gasteiger partial charge in [0.15, 0.2) is 0 Å². The zero-order chi connectivity index (χ0) is 15.7. The molecule has 0 spiro atoms. The Bertz CT molecular complexity index is 576. The molecule has 6 heteroatoms. The topological polar surface area (TPSA) is 66.6 Å². The van der Waals surface area contributed by atoms with Crippen LogP contribution < -0.4 is 5.73 Å². The third-order valence-electron chi connectivity index (χ3n) is 4.67. The van der Waals surface area contributed by atoms with E-state index < -0.39 is 0 Å². The van der Waals surface area contributed by atoms with Crippen LogP contribution in [0, 0.1) is 5.92 Å². The predicted molar refractivity (Wildman–Crippen MR) is 87.0 cm³/mol. The van der Waals surface area contributed by atoms with E-state index in [1.165, 1.54) is 16.9 Å². The van der Waals surface area contributed by atoms with Gasteiger partial charge in [-0.05, 0) is 30.7 Å². The molecule has 0 aromatic carbocycles. The van der Waals surface area contributed by atoms with Gasteiger partial charge in [0.05, 0.1) is 12.1 Å². The number of thiophene rings is 1. The van der Waals surface area contributed by atoms with Gasteiger partial charge in [0, 0.05) is 36.4 Å². The quantitative estimate of drug-likeness (QED) is 0.907. The van der Waals surface area contributed by atoms with Crippen LogP contribution in [0.3, 0.4) is 0 Å². The molecule has 22 heavy (non-hydrogen) atoms. The first-order valence-corrected chi connectivity index (χ1v) is 8.81. The SMILES string of the molecule is CC1CCc2c(C(=O)N3CCN(CC(N)=O)CC3)csc2C1. The highest BCUT2D eigenvalue weighted by molar-refractivity contribution is 7.10. The summed E-state index contributed by atoms with van der Waals surface area (Å²) < 4.78 is 0. The van der Waals surface area contributed by atoms with Crippen LogP contribution in [0.15, 0.2) is 5.38 Å². The standard InChI is InChI=1S/C16H23N3O2S/c1-11-2-3-12-13(10-22-14(12)8-11)16(21)19-6-4-18(5-7-19)9-15(17)20/h10-11H,2-9H2,1H3,(H2,17,20). The number of amides is 2. The van der Waals surface area contributed by atoms with Gasteiger partial charge in [-0.25, -0.2) is 0 Å². The second-order valence-corrected chi connectivity index (χ2v) is 7.40. The van der Waals surface area contributed by atoms with Gasteiger partial charge in [0.1, 0.15) is 0 Å². The summed E-state index contributed by atoms with van der Waals surface area (Å²) >= 11 is 1.74. The number of carbonyl (C=O) groups is 2. The second kappa shape index (κ2) is 6.38. The number of hydrogen-bond donors (Lipinski definition) is 1. The highest BCUT2D eigenvalue weighted by Gasteiger charge is 2.28. The lowest BCUT2D eigenvalue weighted by Gasteiger charge is -2.34. The molecule has 5 nitrogen and oxygen atoms in total. The molecule has 0 bridgehead atoms. The molecule has 1 fully saturated rings. The van der Waals surface area contributed by atoms with Gasteiger partial charge in [-0.15, -0.1) is 11.3 Å². The Morgan fingerprint density at radius 3 is 2.73 bits per heavy atom. The monoisotopic (exact) mass is 321 g/mol. The summed E-state index contributed by atoms with van der Waals surface area (Å²) in [4.78, 5) is 29.0. The molecule has 2 N–H and O–H groups in total. The van der Waals surface area contributed by atoms with E-state index in [1.807, 2.05) is 15.2 Å². The number of carbonyl (C=O) groups excluding carboxylic acids is 2. The van der Waals surface area contributed by atoms with Gasteiger partial charge in [0.2, 0.25) is 5.91 Å². The number of nitrogens with two attached hydrogens (primary N) is 1. The Morgan fingerprint density at radius 2 is 2.05 bits per heavy atom. The minimum atomic E-state index is -0.305. The van der Waals surface area contributed by atoms with Crippen LogP contribution in [-0.2, 0) is 17.6 Å². The van der Waals surface area contributed by atoms with Gasteiger partial charge < -0.3 is 10.6 Å². The minimum Gasteiger partial charge on any atom is -0.369 e. The van der Waals surface area contributed by atoms with Crippen molar-refractivity contribution in [1.82, 2.24) is 9.80 Å². The largest absolute Gasteiger partial charge is 0.369 e. The van der Waals surface area contributed by atoms with Crippen LogP contribution in [0.2, 0.25) is 0 Å². The van der Waals surface area contributed by atoms with Crippen molar-refractivity contribution < 1.29 is 9.59 Å². The average Bonchev–Trinajstić information content (AvgIpc) is 2.89. The lowest BCUT2D eigenvalue weighted by atomic mass is 9.88. The molecule has 0 radical (unpaired) electrons. The molecule has 1 aromatic heterocycles. The van der Waals surface area contributed by atoms with Crippen LogP contribution in [0.1, 0.15) is 34.1 Å². The molecule has 1 atom stereocenters. The Morgan fingerprint density at radius 1 is 1.32 bits per heavy atom. The molecule has 2 amide bonds. The summed E-state index contributed by atoms with van der Waals surface area (Å²) in [5, 5.41) is 2.04. The second-order valence-electron chi connectivity index (χ2n) is 6.43. The van der Waals surface area contributed by atoms with Crippen molar-refractivity contribution in [1.29, 1.82) is 0 Å². The summed E-state index contributed by atoms with van der Waals surface area (Å²) in [5.41, 5.74) is 7.42. The van der Waals surface area contributed by atoms with Crippen molar-refractivity contribution in [2.75, 3.05) is 32.7 Å². The van der Waals surface area contributed by atoms with Crippen LogP contribution in [0.25, 0.3) is 0 Å². The highest BCUT2D eigenvalue weighted by atomic mass is 32.1. The predicted octanol–water partition coefficient (Wildman–Crippen LogP) is 1.12. The van der Waals surface area contributed by atoms with Crippen molar-refractivity contribution in [2.45, 2.75) is 26.2 Å². The normalized spacial score (nSPS) is 22.4. The van der Waals surface area contributed by atoms with E-state index >= 15 is 0 Å². The van der Waals surface area contributed by atoms with E-state index in [2.05, 4.69) is 6.92 Å². The Labute approximate surface area is 135 Å². The summed E-state index contributed by atoms with van der Waals surface area (Å²) in [5.74, 6) is 0.582. The fraction of sp³-hybridized carbons (Fsp3) is 0.625. The van der Waals surface area contributed by atoms with Crippen molar-refractivity contribution in [2.24, 2.45) is 11.7 Å². The molecule has 2 aliphatic rings. The van der Waals surface area contributed by atoms with Gasteiger partial charge in [-0.1, -0.05) is 6.92 Å². The maximum atomic E-state index is 12.8. The lowest BCUT2D eigenvalue weighted by Crippen LogP contribution is -2.50. The first kappa shape index (κ1) is 15.5. The molecule has 3 rings (SSSR count). The average molecular weight is 321 g/mol. The third kappa shape index (κ3) is 3.17. The van der Waals surface area contributed by atoms with Gasteiger partial charge in [-0.2, -0.15) is 0 Å². The first-order valence-electron chi connectivity index (χ1n) is 7.93.